The van der Waals surface area contributed by atoms with Crippen LogP contribution in [-0.4, -0.2) is 42.9 Å². The van der Waals surface area contributed by atoms with E-state index in [4.69, 9.17) is 4.74 Å². The Labute approximate surface area is 191 Å². The Morgan fingerprint density at radius 1 is 1.16 bits per heavy atom. The molecule has 32 heavy (non-hydrogen) atoms. The van der Waals surface area contributed by atoms with Crippen molar-refractivity contribution in [3.63, 3.8) is 0 Å². The Bertz CT molecular complexity index is 1070. The molecule has 1 amide bonds. The summed E-state index contributed by atoms with van der Waals surface area (Å²) in [6.45, 7) is 1.77. The number of anilines is 2. The molecular formula is C22H20F3N3O2S2. The summed E-state index contributed by atoms with van der Waals surface area (Å²) in [5.41, 5.74) is 1.80. The van der Waals surface area contributed by atoms with E-state index in [1.807, 2.05) is 35.7 Å². The molecule has 1 fully saturated rings. The molecule has 168 valence electrons. The van der Waals surface area contributed by atoms with Crippen molar-refractivity contribution in [2.45, 2.75) is 10.5 Å². The molecule has 0 aliphatic carbocycles. The Morgan fingerprint density at radius 3 is 2.62 bits per heavy atom. The number of ether oxygens (including phenoxy) is 1. The third-order valence-corrected chi connectivity index (χ3v) is 6.85. The molecule has 5 nitrogen and oxygen atoms in total. The molecule has 0 atom stereocenters. The quantitative estimate of drug-likeness (QED) is 0.480. The van der Waals surface area contributed by atoms with E-state index in [-0.39, 0.29) is 11.7 Å². The summed E-state index contributed by atoms with van der Waals surface area (Å²) in [5.74, 6) is -0.202. The van der Waals surface area contributed by atoms with Crippen molar-refractivity contribution in [1.29, 1.82) is 0 Å². The molecule has 1 aliphatic rings. The number of halogens is 3. The highest BCUT2D eigenvalue weighted by Gasteiger charge is 2.32. The number of carbonyl (C=O) groups excluding carboxylic acids is 1. The van der Waals surface area contributed by atoms with Gasteiger partial charge in [-0.3, -0.25) is 4.79 Å². The molecule has 1 N–H and O–H groups in total. The van der Waals surface area contributed by atoms with Crippen molar-refractivity contribution in [3.05, 3.63) is 59.5 Å². The van der Waals surface area contributed by atoms with Gasteiger partial charge in [-0.2, -0.15) is 13.2 Å². The third kappa shape index (κ3) is 5.62. The molecule has 0 radical (unpaired) electrons. The smallest absolute Gasteiger partial charge is 0.378 e. The number of rotatable bonds is 6. The van der Waals surface area contributed by atoms with Crippen LogP contribution >= 0.6 is 23.1 Å². The summed E-state index contributed by atoms with van der Waals surface area (Å²) in [7, 11) is 0. The van der Waals surface area contributed by atoms with Crippen molar-refractivity contribution >= 4 is 40.4 Å². The highest BCUT2D eigenvalue weighted by atomic mass is 32.2. The Balaban J connectivity index is 1.44. The van der Waals surface area contributed by atoms with Crippen molar-refractivity contribution < 1.29 is 22.7 Å². The minimum absolute atomic E-state index is 0.102. The number of benzene rings is 2. The number of amides is 1. The number of alkyl halides is 3. The van der Waals surface area contributed by atoms with Crippen LogP contribution in [0.25, 0.3) is 11.3 Å². The van der Waals surface area contributed by atoms with Gasteiger partial charge in [0.2, 0.25) is 5.91 Å². The second-order valence-electron chi connectivity index (χ2n) is 7.03. The number of aromatic nitrogens is 1. The van der Waals surface area contributed by atoms with Gasteiger partial charge >= 0.3 is 6.18 Å². The Hall–Kier alpha value is -2.56. The van der Waals surface area contributed by atoms with Crippen molar-refractivity contribution in [2.24, 2.45) is 0 Å². The fourth-order valence-electron chi connectivity index (χ4n) is 3.26. The minimum atomic E-state index is -4.46. The molecule has 1 saturated heterocycles. The van der Waals surface area contributed by atoms with Gasteiger partial charge in [0.05, 0.1) is 41.6 Å². The minimum Gasteiger partial charge on any atom is -0.378 e. The zero-order chi connectivity index (χ0) is 22.6. The predicted molar refractivity (Wildman–Crippen MR) is 121 cm³/mol. The molecular weight excluding hydrogens is 459 g/mol. The predicted octanol–water partition coefficient (Wildman–Crippen LogP) is 5.40. The number of nitrogens with zero attached hydrogens (tertiary/aromatic N) is 2. The zero-order valence-corrected chi connectivity index (χ0v) is 18.5. The molecule has 1 aromatic heterocycles. The van der Waals surface area contributed by atoms with E-state index >= 15 is 0 Å². The number of hydrogen-bond acceptors (Lipinski definition) is 6. The summed E-state index contributed by atoms with van der Waals surface area (Å²) >= 11 is 2.74. The Morgan fingerprint density at radius 2 is 1.91 bits per heavy atom. The highest BCUT2D eigenvalue weighted by molar-refractivity contribution is 8.01. The summed E-state index contributed by atoms with van der Waals surface area (Å²) in [5, 5.41) is 4.69. The average molecular weight is 480 g/mol. The van der Waals surface area contributed by atoms with Gasteiger partial charge in [-0.1, -0.05) is 42.1 Å². The summed E-state index contributed by atoms with van der Waals surface area (Å²) in [6, 6.07) is 13.1. The lowest BCUT2D eigenvalue weighted by atomic mass is 10.1. The maximum atomic E-state index is 13.2. The molecule has 3 aromatic rings. The van der Waals surface area contributed by atoms with Crippen LogP contribution in [0.5, 0.6) is 0 Å². The van der Waals surface area contributed by atoms with Crippen LogP contribution in [0.4, 0.5) is 24.5 Å². The van der Waals surface area contributed by atoms with E-state index in [1.165, 1.54) is 29.2 Å². The van der Waals surface area contributed by atoms with E-state index < -0.39 is 11.7 Å². The van der Waals surface area contributed by atoms with Crippen LogP contribution in [-0.2, 0) is 15.7 Å². The third-order valence-electron chi connectivity index (χ3n) is 4.83. The van der Waals surface area contributed by atoms with E-state index in [0.29, 0.717) is 37.7 Å². The monoisotopic (exact) mass is 479 g/mol. The van der Waals surface area contributed by atoms with Gasteiger partial charge in [-0.25, -0.2) is 4.98 Å². The van der Waals surface area contributed by atoms with Crippen molar-refractivity contribution in [1.82, 2.24) is 4.98 Å². The second-order valence-corrected chi connectivity index (χ2v) is 9.11. The van der Waals surface area contributed by atoms with Gasteiger partial charge in [-0.15, -0.1) is 11.3 Å². The number of nitrogens with one attached hydrogen (secondary N) is 1. The molecule has 2 heterocycles. The van der Waals surface area contributed by atoms with Crippen LogP contribution in [0, 0.1) is 0 Å². The SMILES string of the molecule is O=C(CSc1nc(-c2ccccc2)cs1)Nc1ccc(C(F)(F)F)cc1N1CCOCC1. The highest BCUT2D eigenvalue weighted by Crippen LogP contribution is 2.36. The molecule has 10 heteroatoms. The van der Waals surface area contributed by atoms with Gasteiger partial charge in [0, 0.05) is 24.0 Å². The maximum Gasteiger partial charge on any atom is 0.416 e. The summed E-state index contributed by atoms with van der Waals surface area (Å²) in [6.07, 6.45) is -4.46. The van der Waals surface area contributed by atoms with Gasteiger partial charge in [0.15, 0.2) is 4.34 Å². The van der Waals surface area contributed by atoms with Crippen LogP contribution in [0.15, 0.2) is 58.3 Å². The molecule has 0 saturated carbocycles. The molecule has 2 aromatic carbocycles. The fraction of sp³-hybridized carbons (Fsp3) is 0.273. The van der Waals surface area contributed by atoms with Gasteiger partial charge in [0.25, 0.3) is 0 Å². The van der Waals surface area contributed by atoms with Crippen molar-refractivity contribution in [3.8, 4) is 11.3 Å². The topological polar surface area (TPSA) is 54.5 Å². The lowest BCUT2D eigenvalue weighted by molar-refractivity contribution is -0.137. The largest absolute Gasteiger partial charge is 0.416 e. The molecule has 4 rings (SSSR count). The second kappa shape index (κ2) is 9.93. The average Bonchev–Trinajstić information content (AvgIpc) is 3.28. The normalized spacial score (nSPS) is 14.4. The maximum absolute atomic E-state index is 13.2. The van der Waals surface area contributed by atoms with E-state index in [2.05, 4.69) is 10.3 Å². The van der Waals surface area contributed by atoms with Gasteiger partial charge in [-0.05, 0) is 18.2 Å². The van der Waals surface area contributed by atoms with Crippen LogP contribution < -0.4 is 10.2 Å². The van der Waals surface area contributed by atoms with E-state index in [1.54, 1.807) is 4.90 Å². The lowest BCUT2D eigenvalue weighted by Gasteiger charge is -2.31. The fourth-order valence-corrected chi connectivity index (χ4v) is 4.89. The van der Waals surface area contributed by atoms with Gasteiger partial charge < -0.3 is 15.0 Å². The van der Waals surface area contributed by atoms with E-state index in [9.17, 15) is 18.0 Å². The summed E-state index contributed by atoms with van der Waals surface area (Å²) in [4.78, 5) is 18.9. The first kappa shape index (κ1) is 22.6. The van der Waals surface area contributed by atoms with Gasteiger partial charge in [0.1, 0.15) is 0 Å². The molecule has 0 spiro atoms. The summed E-state index contributed by atoms with van der Waals surface area (Å²) < 4.78 is 45.7. The molecule has 1 aliphatic heterocycles. The number of morpholine rings is 1. The van der Waals surface area contributed by atoms with Crippen LogP contribution in [0.2, 0.25) is 0 Å². The first-order valence-electron chi connectivity index (χ1n) is 9.88. The number of thiazole rings is 1. The van der Waals surface area contributed by atoms with Crippen LogP contribution in [0.3, 0.4) is 0 Å². The first-order valence-corrected chi connectivity index (χ1v) is 11.7. The number of thioether (sulfide) groups is 1. The van der Waals surface area contributed by atoms with E-state index in [0.717, 1.165) is 27.7 Å². The van der Waals surface area contributed by atoms with Crippen molar-refractivity contribution in [2.75, 3.05) is 42.3 Å². The first-order chi connectivity index (χ1) is 15.4. The molecule has 0 unspecified atom stereocenters. The number of hydrogen-bond donors (Lipinski definition) is 1. The van der Waals surface area contributed by atoms with Crippen LogP contribution in [0.1, 0.15) is 5.56 Å². The Kier molecular flexibility index (Phi) is 7.02. The molecule has 0 bridgehead atoms. The zero-order valence-electron chi connectivity index (χ0n) is 16.9. The lowest BCUT2D eigenvalue weighted by Crippen LogP contribution is -2.37. The number of carbonyl (C=O) groups is 1. The standard InChI is InChI=1S/C22H20F3N3O2S2/c23-22(24,25)16-6-7-17(19(12-16)28-8-10-30-11-9-28)26-20(29)14-32-21-27-18(13-31-21)15-4-2-1-3-5-15/h1-7,12-13H,8-11,14H2,(H,26,29).